The van der Waals surface area contributed by atoms with Crippen LogP contribution in [0.2, 0.25) is 0 Å². The smallest absolute Gasteiger partial charge is 0.225 e. The van der Waals surface area contributed by atoms with Gasteiger partial charge >= 0.3 is 0 Å². The third-order valence-electron chi connectivity index (χ3n) is 6.19. The number of benzene rings is 1. The summed E-state index contributed by atoms with van der Waals surface area (Å²) in [5.41, 5.74) is 3.72. The highest BCUT2D eigenvalue weighted by Crippen LogP contribution is 2.27. The van der Waals surface area contributed by atoms with Crippen LogP contribution in [0, 0.1) is 12.8 Å². The van der Waals surface area contributed by atoms with Crippen molar-refractivity contribution in [2.24, 2.45) is 10.9 Å². The Bertz CT molecular complexity index is 730. The second-order valence-electron chi connectivity index (χ2n) is 8.70. The van der Waals surface area contributed by atoms with E-state index in [0.29, 0.717) is 12.5 Å². The first-order valence-electron chi connectivity index (χ1n) is 11.0. The lowest BCUT2D eigenvalue weighted by Crippen LogP contribution is -2.45. The molecule has 1 aliphatic carbocycles. The summed E-state index contributed by atoms with van der Waals surface area (Å²) < 4.78 is 0. The predicted octanol–water partition coefficient (Wildman–Crippen LogP) is 3.53. The Balaban J connectivity index is 0.00000320. The van der Waals surface area contributed by atoms with Gasteiger partial charge in [-0.3, -0.25) is 9.79 Å². The minimum Gasteiger partial charge on any atom is -0.377 e. The van der Waals surface area contributed by atoms with Gasteiger partial charge in [-0.2, -0.15) is 0 Å². The van der Waals surface area contributed by atoms with Gasteiger partial charge in [-0.1, -0.05) is 31.4 Å². The third kappa shape index (κ3) is 6.49. The van der Waals surface area contributed by atoms with Crippen molar-refractivity contribution in [1.82, 2.24) is 15.5 Å². The average Bonchev–Trinajstić information content (AvgIpc) is 3.20. The minimum absolute atomic E-state index is 0. The number of nitrogens with one attached hydrogen (secondary N) is 2. The molecule has 1 atom stereocenters. The molecule has 1 aliphatic heterocycles. The lowest BCUT2D eigenvalue weighted by Gasteiger charge is -2.26. The fourth-order valence-electron chi connectivity index (χ4n) is 4.49. The highest BCUT2D eigenvalue weighted by molar-refractivity contribution is 14.0. The van der Waals surface area contributed by atoms with E-state index in [9.17, 15) is 4.79 Å². The van der Waals surface area contributed by atoms with Crippen molar-refractivity contribution >= 4 is 41.5 Å². The molecule has 0 aromatic heterocycles. The number of nitrogens with zero attached hydrogens (tertiary/aromatic N) is 3. The Hall–Kier alpha value is -1.51. The first kappa shape index (κ1) is 24.8. The van der Waals surface area contributed by atoms with Gasteiger partial charge in [0.05, 0.1) is 0 Å². The van der Waals surface area contributed by atoms with Crippen LogP contribution in [-0.4, -0.2) is 57.0 Å². The summed E-state index contributed by atoms with van der Waals surface area (Å²) in [4.78, 5) is 21.4. The summed E-state index contributed by atoms with van der Waals surface area (Å²) in [6.45, 7) is 4.46. The van der Waals surface area contributed by atoms with E-state index in [-0.39, 0.29) is 35.9 Å². The van der Waals surface area contributed by atoms with E-state index in [1.165, 1.54) is 36.1 Å². The molecule has 30 heavy (non-hydrogen) atoms. The second-order valence-corrected chi connectivity index (χ2v) is 8.70. The number of aryl methyl sites for hydroxylation is 1. The van der Waals surface area contributed by atoms with Crippen molar-refractivity contribution in [3.05, 3.63) is 29.3 Å². The maximum Gasteiger partial charge on any atom is 0.225 e. The second kappa shape index (κ2) is 11.8. The van der Waals surface area contributed by atoms with E-state index in [2.05, 4.69) is 64.6 Å². The van der Waals surface area contributed by atoms with Gasteiger partial charge in [0.1, 0.15) is 0 Å². The normalized spacial score (nSPS) is 19.9. The van der Waals surface area contributed by atoms with Crippen LogP contribution in [0.15, 0.2) is 23.2 Å². The number of carbonyl (C=O) groups is 1. The molecule has 0 bridgehead atoms. The van der Waals surface area contributed by atoms with Crippen LogP contribution >= 0.6 is 24.0 Å². The molecular formula is C23H38IN5O. The summed E-state index contributed by atoms with van der Waals surface area (Å²) in [6, 6.07) is 6.79. The lowest BCUT2D eigenvalue weighted by atomic mass is 9.88. The number of halogens is 1. The third-order valence-corrected chi connectivity index (χ3v) is 6.19. The van der Waals surface area contributed by atoms with Crippen LogP contribution < -0.4 is 15.5 Å². The Morgan fingerprint density at radius 1 is 1.20 bits per heavy atom. The molecule has 1 heterocycles. The molecule has 7 heteroatoms. The largest absolute Gasteiger partial charge is 0.377 e. The molecule has 1 aromatic carbocycles. The minimum atomic E-state index is 0. The standard InChI is InChI=1S/C23H37N5O.HI/c1-17-10-11-19(21(14-17)27(3)4)15-25-23(24-2)26-20-12-13-28(16-20)22(29)18-8-6-5-7-9-18;/h10-11,14,18,20H,5-9,12-13,15-16H2,1-4H3,(H2,24,25,26);1H. The van der Waals surface area contributed by atoms with Gasteiger partial charge in [-0.05, 0) is 43.4 Å². The summed E-state index contributed by atoms with van der Waals surface area (Å²) >= 11 is 0. The first-order valence-corrected chi connectivity index (χ1v) is 11.0. The number of hydrogen-bond acceptors (Lipinski definition) is 3. The van der Waals surface area contributed by atoms with Crippen LogP contribution in [0.4, 0.5) is 5.69 Å². The van der Waals surface area contributed by atoms with E-state index < -0.39 is 0 Å². The molecule has 168 valence electrons. The van der Waals surface area contributed by atoms with Crippen molar-refractivity contribution in [1.29, 1.82) is 0 Å². The molecule has 1 aromatic rings. The number of amides is 1. The molecule has 3 rings (SSSR count). The van der Waals surface area contributed by atoms with E-state index in [1.54, 1.807) is 7.05 Å². The van der Waals surface area contributed by atoms with Crippen LogP contribution in [0.25, 0.3) is 0 Å². The number of guanidine groups is 1. The molecule has 1 saturated heterocycles. The van der Waals surface area contributed by atoms with Crippen molar-refractivity contribution in [3.63, 3.8) is 0 Å². The SMILES string of the molecule is CN=C(NCc1ccc(C)cc1N(C)C)NC1CCN(C(=O)C2CCCCC2)C1.I. The molecule has 1 saturated carbocycles. The molecule has 2 N–H and O–H groups in total. The zero-order valence-corrected chi connectivity index (χ0v) is 21.2. The van der Waals surface area contributed by atoms with Gasteiger partial charge < -0.3 is 20.4 Å². The predicted molar refractivity (Wildman–Crippen MR) is 136 cm³/mol. The summed E-state index contributed by atoms with van der Waals surface area (Å²) in [5.74, 6) is 1.42. The van der Waals surface area contributed by atoms with Crippen molar-refractivity contribution in [3.8, 4) is 0 Å². The fourth-order valence-corrected chi connectivity index (χ4v) is 4.49. The summed E-state index contributed by atoms with van der Waals surface area (Å²) in [7, 11) is 5.95. The number of rotatable bonds is 5. The molecule has 6 nitrogen and oxygen atoms in total. The molecule has 2 fully saturated rings. The zero-order chi connectivity index (χ0) is 20.8. The first-order chi connectivity index (χ1) is 14.0. The number of hydrogen-bond donors (Lipinski definition) is 2. The molecule has 0 spiro atoms. The number of likely N-dealkylation sites (tertiary alicyclic amines) is 1. The Labute approximate surface area is 198 Å². The van der Waals surface area contributed by atoms with Gasteiger partial charge in [-0.25, -0.2) is 0 Å². The van der Waals surface area contributed by atoms with E-state index in [0.717, 1.165) is 38.3 Å². The van der Waals surface area contributed by atoms with Gasteiger partial charge in [0.25, 0.3) is 0 Å². The molecular weight excluding hydrogens is 489 g/mol. The van der Waals surface area contributed by atoms with E-state index >= 15 is 0 Å². The number of anilines is 1. The fraction of sp³-hybridized carbons (Fsp3) is 0.652. The van der Waals surface area contributed by atoms with Crippen LogP contribution in [-0.2, 0) is 11.3 Å². The zero-order valence-electron chi connectivity index (χ0n) is 18.9. The molecule has 2 aliphatic rings. The van der Waals surface area contributed by atoms with E-state index in [4.69, 9.17) is 0 Å². The van der Waals surface area contributed by atoms with Gasteiger partial charge in [-0.15, -0.1) is 24.0 Å². The Morgan fingerprint density at radius 3 is 2.60 bits per heavy atom. The highest BCUT2D eigenvalue weighted by Gasteiger charge is 2.31. The monoisotopic (exact) mass is 527 g/mol. The molecule has 1 unspecified atom stereocenters. The molecule has 0 radical (unpaired) electrons. The maximum atomic E-state index is 12.8. The number of aliphatic imine (C=N–C) groups is 1. The summed E-state index contributed by atoms with van der Waals surface area (Å²) in [6.07, 6.45) is 6.81. The average molecular weight is 527 g/mol. The summed E-state index contributed by atoms with van der Waals surface area (Å²) in [5, 5.41) is 6.96. The number of carbonyl (C=O) groups excluding carboxylic acids is 1. The molecule has 1 amide bonds. The van der Waals surface area contributed by atoms with Crippen LogP contribution in [0.1, 0.15) is 49.7 Å². The topological polar surface area (TPSA) is 60.0 Å². The van der Waals surface area contributed by atoms with Gasteiger partial charge in [0.15, 0.2) is 5.96 Å². The van der Waals surface area contributed by atoms with Crippen molar-refractivity contribution < 1.29 is 4.79 Å². The van der Waals surface area contributed by atoms with Crippen LogP contribution in [0.5, 0.6) is 0 Å². The van der Waals surface area contributed by atoms with Crippen molar-refractivity contribution in [2.75, 3.05) is 39.1 Å². The Kier molecular flexibility index (Phi) is 9.71. The van der Waals surface area contributed by atoms with E-state index in [1.807, 2.05) is 0 Å². The van der Waals surface area contributed by atoms with Gasteiger partial charge in [0, 0.05) is 58.4 Å². The highest BCUT2D eigenvalue weighted by atomic mass is 127. The van der Waals surface area contributed by atoms with Gasteiger partial charge in [0.2, 0.25) is 5.91 Å². The lowest BCUT2D eigenvalue weighted by molar-refractivity contribution is -0.135. The Morgan fingerprint density at radius 2 is 1.93 bits per heavy atom. The van der Waals surface area contributed by atoms with Crippen molar-refractivity contribution in [2.45, 2.75) is 58.0 Å². The quantitative estimate of drug-likeness (QED) is 0.350. The maximum absolute atomic E-state index is 12.8. The van der Waals surface area contributed by atoms with Crippen LogP contribution in [0.3, 0.4) is 0 Å².